The number of esters is 2. The van der Waals surface area contributed by atoms with Crippen LogP contribution in [0.1, 0.15) is 25.3 Å². The lowest BCUT2D eigenvalue weighted by atomic mass is 10.0. The Morgan fingerprint density at radius 2 is 1.40 bits per heavy atom. The van der Waals surface area contributed by atoms with E-state index in [0.717, 1.165) is 22.4 Å². The first-order valence-corrected chi connectivity index (χ1v) is 11.0. The molecule has 0 aromatic heterocycles. The molecule has 35 heavy (non-hydrogen) atoms. The number of rotatable bonds is 10. The quantitative estimate of drug-likeness (QED) is 0.154. The highest BCUT2D eigenvalue weighted by Crippen LogP contribution is 2.23. The summed E-state index contributed by atoms with van der Waals surface area (Å²) < 4.78 is 16.0. The van der Waals surface area contributed by atoms with E-state index in [9.17, 15) is 9.59 Å². The van der Waals surface area contributed by atoms with Crippen molar-refractivity contribution in [2.24, 2.45) is 0 Å². The number of carbonyl (C=O) groups is 2. The molecule has 3 aromatic rings. The lowest BCUT2D eigenvalue weighted by Crippen LogP contribution is -2.08. The van der Waals surface area contributed by atoms with Gasteiger partial charge in [-0.05, 0) is 72.5 Å². The van der Waals surface area contributed by atoms with E-state index in [1.807, 2.05) is 48.5 Å². The van der Waals surface area contributed by atoms with Crippen molar-refractivity contribution in [1.29, 1.82) is 5.26 Å². The van der Waals surface area contributed by atoms with Gasteiger partial charge in [-0.2, -0.15) is 5.26 Å². The molecule has 6 heteroatoms. The van der Waals surface area contributed by atoms with E-state index in [1.54, 1.807) is 37.3 Å². The standard InChI is InChI=1S/C29H25NO5/c1-21(2)29(32)35-27-16-14-26(15-17-27)34-28(31)18-7-22-5-8-23(9-6-22)24-10-12-25(13-11-24)33-20-4-3-19-30/h5-18H,1,3-4,20H2,2H3/b18-7+. The first kappa shape index (κ1) is 25.0. The van der Waals surface area contributed by atoms with Gasteiger partial charge in [-0.1, -0.05) is 43.0 Å². The van der Waals surface area contributed by atoms with Crippen molar-refractivity contribution >= 4 is 18.0 Å². The Morgan fingerprint density at radius 1 is 0.857 bits per heavy atom. The van der Waals surface area contributed by atoms with Gasteiger partial charge in [0.15, 0.2) is 0 Å². The van der Waals surface area contributed by atoms with Crippen LogP contribution in [0, 0.1) is 11.3 Å². The van der Waals surface area contributed by atoms with Crippen molar-refractivity contribution in [3.8, 4) is 34.4 Å². The summed E-state index contributed by atoms with van der Waals surface area (Å²) in [6.45, 7) is 5.61. The Balaban J connectivity index is 1.51. The summed E-state index contributed by atoms with van der Waals surface area (Å²) >= 11 is 0. The minimum atomic E-state index is -0.522. The van der Waals surface area contributed by atoms with Crippen molar-refractivity contribution in [2.75, 3.05) is 6.61 Å². The zero-order chi connectivity index (χ0) is 25.0. The third kappa shape index (κ3) is 8.02. The average molecular weight is 468 g/mol. The summed E-state index contributed by atoms with van der Waals surface area (Å²) in [5, 5.41) is 8.56. The van der Waals surface area contributed by atoms with Crippen LogP contribution in [-0.4, -0.2) is 18.5 Å². The third-order valence-corrected chi connectivity index (χ3v) is 4.81. The molecule has 6 nitrogen and oxygen atoms in total. The first-order valence-electron chi connectivity index (χ1n) is 11.0. The molecule has 0 amide bonds. The van der Waals surface area contributed by atoms with E-state index in [-0.39, 0.29) is 0 Å². The van der Waals surface area contributed by atoms with Gasteiger partial charge in [-0.15, -0.1) is 0 Å². The molecule has 3 rings (SSSR count). The molecule has 0 atom stereocenters. The molecule has 3 aromatic carbocycles. The molecule has 0 aliphatic carbocycles. The Bertz CT molecular complexity index is 1230. The topological polar surface area (TPSA) is 85.6 Å². The van der Waals surface area contributed by atoms with Gasteiger partial charge in [0.05, 0.1) is 12.7 Å². The predicted molar refractivity (Wildman–Crippen MR) is 134 cm³/mol. The Labute approximate surface area is 204 Å². The fourth-order valence-electron chi connectivity index (χ4n) is 2.96. The van der Waals surface area contributed by atoms with E-state index < -0.39 is 11.9 Å². The van der Waals surface area contributed by atoms with Gasteiger partial charge in [-0.25, -0.2) is 9.59 Å². The van der Waals surface area contributed by atoms with Gasteiger partial charge >= 0.3 is 11.9 Å². The molecule has 0 fully saturated rings. The van der Waals surface area contributed by atoms with Crippen molar-refractivity contribution in [3.63, 3.8) is 0 Å². The number of nitrogens with zero attached hydrogens (tertiary/aromatic N) is 1. The molecule has 176 valence electrons. The van der Waals surface area contributed by atoms with Gasteiger partial charge < -0.3 is 14.2 Å². The predicted octanol–water partition coefficient (Wildman–Crippen LogP) is 6.14. The molecule has 0 saturated heterocycles. The van der Waals surface area contributed by atoms with Gasteiger partial charge in [0, 0.05) is 18.1 Å². The smallest absolute Gasteiger partial charge is 0.338 e. The summed E-state index contributed by atoms with van der Waals surface area (Å²) in [5.41, 5.74) is 3.23. The molecular formula is C29H25NO5. The SMILES string of the molecule is C=C(C)C(=O)Oc1ccc(OC(=O)/C=C/c2ccc(-c3ccc(OCCCC#N)cc3)cc2)cc1. The van der Waals surface area contributed by atoms with E-state index >= 15 is 0 Å². The second-order valence-electron chi connectivity index (χ2n) is 7.65. The van der Waals surface area contributed by atoms with Gasteiger partial charge in [0.1, 0.15) is 17.2 Å². The summed E-state index contributed by atoms with van der Waals surface area (Å²) in [6, 6.07) is 23.8. The second kappa shape index (κ2) is 12.6. The lowest BCUT2D eigenvalue weighted by Gasteiger charge is -2.07. The Morgan fingerprint density at radius 3 is 1.97 bits per heavy atom. The third-order valence-electron chi connectivity index (χ3n) is 4.81. The minimum Gasteiger partial charge on any atom is -0.494 e. The van der Waals surface area contributed by atoms with Crippen LogP contribution in [0.5, 0.6) is 17.2 Å². The van der Waals surface area contributed by atoms with E-state index in [1.165, 1.54) is 6.08 Å². The number of hydrogen-bond donors (Lipinski definition) is 0. The second-order valence-corrected chi connectivity index (χ2v) is 7.65. The van der Waals surface area contributed by atoms with Crippen molar-refractivity contribution in [1.82, 2.24) is 0 Å². The lowest BCUT2D eigenvalue weighted by molar-refractivity contribution is -0.130. The van der Waals surface area contributed by atoms with E-state index in [2.05, 4.69) is 12.6 Å². The maximum Gasteiger partial charge on any atom is 0.338 e. The monoisotopic (exact) mass is 467 g/mol. The summed E-state index contributed by atoms with van der Waals surface area (Å²) in [6.07, 6.45) is 4.22. The van der Waals surface area contributed by atoms with Crippen LogP contribution in [-0.2, 0) is 9.59 Å². The molecule has 0 aliphatic heterocycles. The fourth-order valence-corrected chi connectivity index (χ4v) is 2.96. The molecular weight excluding hydrogens is 442 g/mol. The van der Waals surface area contributed by atoms with Crippen LogP contribution in [0.2, 0.25) is 0 Å². The number of nitriles is 1. The van der Waals surface area contributed by atoms with Crippen LogP contribution < -0.4 is 14.2 Å². The van der Waals surface area contributed by atoms with E-state index in [4.69, 9.17) is 19.5 Å². The molecule has 0 N–H and O–H groups in total. The van der Waals surface area contributed by atoms with Crippen molar-refractivity contribution in [2.45, 2.75) is 19.8 Å². The highest BCUT2D eigenvalue weighted by molar-refractivity contribution is 5.89. The van der Waals surface area contributed by atoms with Gasteiger partial charge in [-0.3, -0.25) is 0 Å². The van der Waals surface area contributed by atoms with Crippen LogP contribution in [0.25, 0.3) is 17.2 Å². The maximum absolute atomic E-state index is 12.1. The molecule has 0 radical (unpaired) electrons. The summed E-state index contributed by atoms with van der Waals surface area (Å²) in [5.74, 6) is 0.408. The van der Waals surface area contributed by atoms with E-state index in [0.29, 0.717) is 36.5 Å². The number of hydrogen-bond acceptors (Lipinski definition) is 6. The highest BCUT2D eigenvalue weighted by Gasteiger charge is 2.06. The zero-order valence-electron chi connectivity index (χ0n) is 19.4. The molecule has 0 aliphatic rings. The summed E-state index contributed by atoms with van der Waals surface area (Å²) in [7, 11) is 0. The molecule has 0 unspecified atom stereocenters. The van der Waals surface area contributed by atoms with Crippen LogP contribution in [0.3, 0.4) is 0 Å². The normalized spacial score (nSPS) is 10.4. The number of carbonyl (C=O) groups excluding carboxylic acids is 2. The summed E-state index contributed by atoms with van der Waals surface area (Å²) in [4.78, 5) is 23.7. The zero-order valence-corrected chi connectivity index (χ0v) is 19.4. The van der Waals surface area contributed by atoms with Crippen LogP contribution >= 0.6 is 0 Å². The van der Waals surface area contributed by atoms with Crippen molar-refractivity contribution in [3.05, 3.63) is 96.6 Å². The highest BCUT2D eigenvalue weighted by atomic mass is 16.5. The van der Waals surface area contributed by atoms with Gasteiger partial charge in [0.25, 0.3) is 0 Å². The van der Waals surface area contributed by atoms with Crippen LogP contribution in [0.15, 0.2) is 91.0 Å². The largest absolute Gasteiger partial charge is 0.494 e. The molecule has 0 spiro atoms. The maximum atomic E-state index is 12.1. The molecule has 0 bridgehead atoms. The molecule has 0 heterocycles. The Kier molecular flexibility index (Phi) is 8.98. The van der Waals surface area contributed by atoms with Gasteiger partial charge in [0.2, 0.25) is 0 Å². The Hall–Kier alpha value is -4.63. The minimum absolute atomic E-state index is 0.297. The number of ether oxygens (including phenoxy) is 3. The molecule has 0 saturated carbocycles. The number of benzene rings is 3. The average Bonchev–Trinajstić information content (AvgIpc) is 2.87. The number of unbranched alkanes of at least 4 members (excludes halogenated alkanes) is 1. The first-order chi connectivity index (χ1) is 16.9. The van der Waals surface area contributed by atoms with Crippen molar-refractivity contribution < 1.29 is 23.8 Å². The fraction of sp³-hybridized carbons (Fsp3) is 0.138. The van der Waals surface area contributed by atoms with Crippen LogP contribution in [0.4, 0.5) is 0 Å².